The van der Waals surface area contributed by atoms with E-state index in [-0.39, 0.29) is 0 Å². The number of benzene rings is 1. The quantitative estimate of drug-likeness (QED) is 0.710. The highest BCUT2D eigenvalue weighted by Crippen LogP contribution is 2.12. The lowest BCUT2D eigenvalue weighted by atomic mass is 10.1. The molecule has 1 heterocycles. The maximum absolute atomic E-state index is 5.72. The minimum atomic E-state index is 0.523. The molecule has 0 atom stereocenters. The second-order valence-electron chi connectivity index (χ2n) is 4.84. The Morgan fingerprint density at radius 2 is 1.85 bits per heavy atom. The first-order valence-corrected chi connectivity index (χ1v) is 7.27. The van der Waals surface area contributed by atoms with Crippen molar-refractivity contribution in [3.8, 4) is 0 Å². The Bertz CT molecular complexity index is 479. The molecule has 0 amide bonds. The Balaban J connectivity index is 1.80. The molecule has 0 aliphatic rings. The molecule has 0 saturated carbocycles. The van der Waals surface area contributed by atoms with Gasteiger partial charge in [0.25, 0.3) is 0 Å². The van der Waals surface area contributed by atoms with Gasteiger partial charge in [-0.05, 0) is 49.2 Å². The first-order chi connectivity index (χ1) is 9.90. The van der Waals surface area contributed by atoms with E-state index >= 15 is 0 Å². The van der Waals surface area contributed by atoms with Gasteiger partial charge in [-0.2, -0.15) is 0 Å². The molecule has 1 aromatic carbocycles. The first kappa shape index (κ1) is 14.8. The van der Waals surface area contributed by atoms with Gasteiger partial charge in [0.2, 0.25) is 0 Å². The molecular formula is C17H23NO2. The van der Waals surface area contributed by atoms with E-state index in [4.69, 9.17) is 9.15 Å². The second kappa shape index (κ2) is 8.56. The molecule has 0 unspecified atom stereocenters. The number of ether oxygens (including phenoxy) is 1. The lowest BCUT2D eigenvalue weighted by Crippen LogP contribution is -2.18. The van der Waals surface area contributed by atoms with Crippen LogP contribution in [0.25, 0.3) is 0 Å². The summed E-state index contributed by atoms with van der Waals surface area (Å²) in [5, 5.41) is 3.43. The van der Waals surface area contributed by atoms with E-state index in [0.717, 1.165) is 25.3 Å². The predicted molar refractivity (Wildman–Crippen MR) is 80.5 cm³/mol. The predicted octanol–water partition coefficient (Wildman–Crippen LogP) is 3.54. The third-order valence-electron chi connectivity index (χ3n) is 3.20. The Hall–Kier alpha value is -1.58. The van der Waals surface area contributed by atoms with Gasteiger partial charge in [0.05, 0.1) is 12.9 Å². The molecular weight excluding hydrogens is 250 g/mol. The van der Waals surface area contributed by atoms with E-state index in [1.807, 2.05) is 12.1 Å². The summed E-state index contributed by atoms with van der Waals surface area (Å²) in [5.74, 6) is 0.868. The highest BCUT2D eigenvalue weighted by molar-refractivity contribution is 5.26. The molecule has 3 heteroatoms. The molecule has 0 aliphatic carbocycles. The Kier molecular flexibility index (Phi) is 6.35. The van der Waals surface area contributed by atoms with Gasteiger partial charge in [0, 0.05) is 0 Å². The van der Waals surface area contributed by atoms with E-state index < -0.39 is 0 Å². The van der Waals surface area contributed by atoms with Crippen molar-refractivity contribution in [2.24, 2.45) is 0 Å². The summed E-state index contributed by atoms with van der Waals surface area (Å²) >= 11 is 0. The van der Waals surface area contributed by atoms with Gasteiger partial charge in [-0.3, -0.25) is 0 Å². The third kappa shape index (κ3) is 4.83. The van der Waals surface area contributed by atoms with Crippen LogP contribution in [0.1, 0.15) is 30.2 Å². The van der Waals surface area contributed by atoms with Gasteiger partial charge in [-0.25, -0.2) is 0 Å². The van der Waals surface area contributed by atoms with Crippen LogP contribution < -0.4 is 5.32 Å². The second-order valence-corrected chi connectivity index (χ2v) is 4.84. The molecule has 0 radical (unpaired) electrons. The van der Waals surface area contributed by atoms with Gasteiger partial charge in [0.1, 0.15) is 12.4 Å². The van der Waals surface area contributed by atoms with Crippen LogP contribution in [0.2, 0.25) is 0 Å². The SMILES string of the molecule is CCCNCCc1ccccc1COCc1ccco1. The van der Waals surface area contributed by atoms with Crippen molar-refractivity contribution >= 4 is 0 Å². The Labute approximate surface area is 121 Å². The van der Waals surface area contributed by atoms with Gasteiger partial charge < -0.3 is 14.5 Å². The summed E-state index contributed by atoms with van der Waals surface area (Å²) in [7, 11) is 0. The van der Waals surface area contributed by atoms with Crippen LogP contribution in [0, 0.1) is 0 Å². The normalized spacial score (nSPS) is 10.8. The summed E-state index contributed by atoms with van der Waals surface area (Å²) in [6, 6.07) is 12.3. The summed E-state index contributed by atoms with van der Waals surface area (Å²) in [6.45, 7) is 5.43. The van der Waals surface area contributed by atoms with Crippen LogP contribution in [0.4, 0.5) is 0 Å². The van der Waals surface area contributed by atoms with Crippen molar-refractivity contribution in [2.75, 3.05) is 13.1 Å². The minimum absolute atomic E-state index is 0.523. The summed E-state index contributed by atoms with van der Waals surface area (Å²) in [4.78, 5) is 0. The zero-order valence-corrected chi connectivity index (χ0v) is 12.1. The molecule has 0 spiro atoms. The van der Waals surface area contributed by atoms with Gasteiger partial charge in [-0.15, -0.1) is 0 Å². The van der Waals surface area contributed by atoms with Gasteiger partial charge in [-0.1, -0.05) is 31.2 Å². The molecule has 0 bridgehead atoms. The largest absolute Gasteiger partial charge is 0.467 e. The number of hydrogen-bond acceptors (Lipinski definition) is 3. The molecule has 0 aliphatic heterocycles. The van der Waals surface area contributed by atoms with Crippen molar-refractivity contribution in [1.82, 2.24) is 5.32 Å². The Morgan fingerprint density at radius 1 is 1.00 bits per heavy atom. The van der Waals surface area contributed by atoms with E-state index in [2.05, 4.69) is 36.5 Å². The fourth-order valence-corrected chi connectivity index (χ4v) is 2.12. The van der Waals surface area contributed by atoms with Crippen LogP contribution in [0.3, 0.4) is 0 Å². The summed E-state index contributed by atoms with van der Waals surface area (Å²) in [6.07, 6.45) is 3.89. The first-order valence-electron chi connectivity index (χ1n) is 7.27. The van der Waals surface area contributed by atoms with Crippen LogP contribution in [0.5, 0.6) is 0 Å². The maximum atomic E-state index is 5.72. The fourth-order valence-electron chi connectivity index (χ4n) is 2.12. The number of hydrogen-bond donors (Lipinski definition) is 1. The lowest BCUT2D eigenvalue weighted by Gasteiger charge is -2.10. The fraction of sp³-hybridized carbons (Fsp3) is 0.412. The minimum Gasteiger partial charge on any atom is -0.467 e. The average molecular weight is 273 g/mol. The van der Waals surface area contributed by atoms with Crippen molar-refractivity contribution in [2.45, 2.75) is 33.0 Å². The molecule has 108 valence electrons. The number of furan rings is 1. The molecule has 2 rings (SSSR count). The summed E-state index contributed by atoms with van der Waals surface area (Å²) < 4.78 is 11.0. The van der Waals surface area contributed by atoms with Gasteiger partial charge >= 0.3 is 0 Å². The topological polar surface area (TPSA) is 34.4 Å². The van der Waals surface area contributed by atoms with E-state index in [0.29, 0.717) is 13.2 Å². The molecule has 1 aromatic heterocycles. The standard InChI is InChI=1S/C17H23NO2/c1-2-10-18-11-9-15-6-3-4-7-16(15)13-19-14-17-8-5-12-20-17/h3-8,12,18H,2,9-11,13-14H2,1H3. The van der Waals surface area contributed by atoms with Crippen LogP contribution in [0.15, 0.2) is 47.1 Å². The van der Waals surface area contributed by atoms with E-state index in [9.17, 15) is 0 Å². The van der Waals surface area contributed by atoms with Crippen molar-refractivity contribution in [3.05, 3.63) is 59.5 Å². The average Bonchev–Trinajstić information content (AvgIpc) is 2.98. The lowest BCUT2D eigenvalue weighted by molar-refractivity contribution is 0.0924. The van der Waals surface area contributed by atoms with E-state index in [1.165, 1.54) is 17.5 Å². The van der Waals surface area contributed by atoms with Gasteiger partial charge in [0.15, 0.2) is 0 Å². The molecule has 0 fully saturated rings. The zero-order chi connectivity index (χ0) is 14.0. The van der Waals surface area contributed by atoms with Crippen LogP contribution in [-0.4, -0.2) is 13.1 Å². The smallest absolute Gasteiger partial charge is 0.129 e. The molecule has 3 nitrogen and oxygen atoms in total. The highest BCUT2D eigenvalue weighted by atomic mass is 16.5. The summed E-state index contributed by atoms with van der Waals surface area (Å²) in [5.41, 5.74) is 2.62. The molecule has 0 saturated heterocycles. The number of nitrogens with one attached hydrogen (secondary N) is 1. The zero-order valence-electron chi connectivity index (χ0n) is 12.1. The molecule has 1 N–H and O–H groups in total. The highest BCUT2D eigenvalue weighted by Gasteiger charge is 2.03. The van der Waals surface area contributed by atoms with Crippen molar-refractivity contribution in [1.29, 1.82) is 0 Å². The van der Waals surface area contributed by atoms with E-state index in [1.54, 1.807) is 6.26 Å². The Morgan fingerprint density at radius 3 is 2.60 bits per heavy atom. The third-order valence-corrected chi connectivity index (χ3v) is 3.20. The van der Waals surface area contributed by atoms with Crippen molar-refractivity contribution in [3.63, 3.8) is 0 Å². The maximum Gasteiger partial charge on any atom is 0.129 e. The van der Waals surface area contributed by atoms with Crippen molar-refractivity contribution < 1.29 is 9.15 Å². The number of rotatable bonds is 9. The monoisotopic (exact) mass is 273 g/mol. The van der Waals surface area contributed by atoms with Crippen LogP contribution in [-0.2, 0) is 24.4 Å². The molecule has 20 heavy (non-hydrogen) atoms. The molecule has 2 aromatic rings. The van der Waals surface area contributed by atoms with Crippen LogP contribution >= 0.6 is 0 Å².